The molecule has 0 aliphatic heterocycles. The monoisotopic (exact) mass is 226 g/mol. The van der Waals surface area contributed by atoms with Crippen LogP contribution in [0.15, 0.2) is 12.4 Å². The van der Waals surface area contributed by atoms with Gasteiger partial charge in [0.2, 0.25) is 5.91 Å². The molecular weight excluding hydrogens is 212 g/mol. The Balaban J connectivity index is 2.51. The van der Waals surface area contributed by atoms with Gasteiger partial charge in [0.05, 0.1) is 17.6 Å². The minimum absolute atomic E-state index is 0.0775. The summed E-state index contributed by atoms with van der Waals surface area (Å²) in [4.78, 5) is 13.3. The van der Waals surface area contributed by atoms with Gasteiger partial charge in [-0.2, -0.15) is 5.10 Å². The zero-order valence-electron chi connectivity index (χ0n) is 8.80. The second-order valence-corrected chi connectivity index (χ2v) is 3.94. The summed E-state index contributed by atoms with van der Waals surface area (Å²) in [7, 11) is 3.55. The van der Waals surface area contributed by atoms with Gasteiger partial charge in [-0.05, 0) is 0 Å². The SMILES string of the molecule is CN(Cc1cnn(C)c1)C(=O)CC(N)=S. The van der Waals surface area contributed by atoms with Gasteiger partial charge in [0.15, 0.2) is 0 Å². The topological polar surface area (TPSA) is 64.2 Å². The summed E-state index contributed by atoms with van der Waals surface area (Å²) < 4.78 is 1.70. The second-order valence-electron chi connectivity index (χ2n) is 3.42. The molecule has 0 unspecified atom stereocenters. The molecule has 5 nitrogen and oxygen atoms in total. The number of rotatable bonds is 4. The maximum Gasteiger partial charge on any atom is 0.229 e. The van der Waals surface area contributed by atoms with Crippen LogP contribution in [0.25, 0.3) is 0 Å². The maximum atomic E-state index is 11.5. The van der Waals surface area contributed by atoms with Crippen molar-refractivity contribution in [3.05, 3.63) is 18.0 Å². The van der Waals surface area contributed by atoms with Gasteiger partial charge in [-0.25, -0.2) is 0 Å². The van der Waals surface area contributed by atoms with Crippen LogP contribution in [0.1, 0.15) is 12.0 Å². The summed E-state index contributed by atoms with van der Waals surface area (Å²) in [5.74, 6) is -0.0775. The van der Waals surface area contributed by atoms with Gasteiger partial charge in [0.25, 0.3) is 0 Å². The predicted molar refractivity (Wildman–Crippen MR) is 61.1 cm³/mol. The Labute approximate surface area is 93.8 Å². The van der Waals surface area contributed by atoms with Crippen LogP contribution >= 0.6 is 12.2 Å². The molecule has 0 spiro atoms. The third-order valence-corrected chi connectivity index (χ3v) is 2.07. The largest absolute Gasteiger partial charge is 0.393 e. The van der Waals surface area contributed by atoms with Crippen molar-refractivity contribution in [2.45, 2.75) is 13.0 Å². The molecular formula is C9H14N4OS. The first-order valence-corrected chi connectivity index (χ1v) is 4.89. The highest BCUT2D eigenvalue weighted by atomic mass is 32.1. The lowest BCUT2D eigenvalue weighted by atomic mass is 10.3. The fourth-order valence-electron chi connectivity index (χ4n) is 1.20. The van der Waals surface area contributed by atoms with Crippen molar-refractivity contribution in [3.8, 4) is 0 Å². The number of nitrogens with two attached hydrogens (primary N) is 1. The van der Waals surface area contributed by atoms with Crippen molar-refractivity contribution in [2.75, 3.05) is 7.05 Å². The molecule has 0 aliphatic carbocycles. The molecule has 0 atom stereocenters. The molecule has 1 heterocycles. The lowest BCUT2D eigenvalue weighted by molar-refractivity contribution is -0.129. The third kappa shape index (κ3) is 3.67. The van der Waals surface area contributed by atoms with E-state index in [1.165, 1.54) is 0 Å². The van der Waals surface area contributed by atoms with Gasteiger partial charge in [0.1, 0.15) is 0 Å². The van der Waals surface area contributed by atoms with E-state index in [4.69, 9.17) is 5.73 Å². The standard InChI is InChI=1S/C9H14N4OS/c1-12(9(14)3-8(10)15)5-7-4-11-13(2)6-7/h4,6H,3,5H2,1-2H3,(H2,10,15). The van der Waals surface area contributed by atoms with Crippen molar-refractivity contribution in [1.29, 1.82) is 0 Å². The average molecular weight is 226 g/mol. The number of hydrogen-bond donors (Lipinski definition) is 1. The first-order valence-electron chi connectivity index (χ1n) is 4.49. The van der Waals surface area contributed by atoms with Gasteiger partial charge in [-0.15, -0.1) is 0 Å². The summed E-state index contributed by atoms with van der Waals surface area (Å²) in [5.41, 5.74) is 6.28. The minimum Gasteiger partial charge on any atom is -0.393 e. The van der Waals surface area contributed by atoms with E-state index < -0.39 is 0 Å². The highest BCUT2D eigenvalue weighted by Gasteiger charge is 2.10. The van der Waals surface area contributed by atoms with Crippen LogP contribution in [0, 0.1) is 0 Å². The minimum atomic E-state index is -0.0775. The molecule has 0 bridgehead atoms. The van der Waals surface area contributed by atoms with Crippen LogP contribution in [0.5, 0.6) is 0 Å². The molecule has 1 rings (SSSR count). The van der Waals surface area contributed by atoms with E-state index >= 15 is 0 Å². The highest BCUT2D eigenvalue weighted by molar-refractivity contribution is 7.80. The molecule has 1 aromatic heterocycles. The molecule has 1 aromatic rings. The molecule has 0 aromatic carbocycles. The maximum absolute atomic E-state index is 11.5. The summed E-state index contributed by atoms with van der Waals surface area (Å²) in [6.45, 7) is 0.523. The Morgan fingerprint density at radius 3 is 2.87 bits per heavy atom. The zero-order valence-corrected chi connectivity index (χ0v) is 9.62. The van der Waals surface area contributed by atoms with Crippen molar-refractivity contribution < 1.29 is 4.79 Å². The smallest absolute Gasteiger partial charge is 0.229 e. The lowest BCUT2D eigenvalue weighted by Crippen LogP contribution is -2.29. The Bertz CT molecular complexity index is 374. The van der Waals surface area contributed by atoms with Gasteiger partial charge < -0.3 is 10.6 Å². The number of hydrogen-bond acceptors (Lipinski definition) is 3. The number of thiocarbonyl (C=S) groups is 1. The molecule has 6 heteroatoms. The molecule has 0 fully saturated rings. The number of aromatic nitrogens is 2. The predicted octanol–water partition coefficient (Wildman–Crippen LogP) is 0.0547. The zero-order chi connectivity index (χ0) is 11.4. The van der Waals surface area contributed by atoms with Gasteiger partial charge in [-0.3, -0.25) is 9.48 Å². The molecule has 0 saturated heterocycles. The summed E-state index contributed by atoms with van der Waals surface area (Å²) in [5, 5.41) is 4.02. The van der Waals surface area contributed by atoms with E-state index in [0.29, 0.717) is 6.54 Å². The van der Waals surface area contributed by atoms with Crippen LogP contribution in [-0.4, -0.2) is 32.6 Å². The van der Waals surface area contributed by atoms with E-state index in [0.717, 1.165) is 5.56 Å². The number of nitrogens with zero attached hydrogens (tertiary/aromatic N) is 3. The lowest BCUT2D eigenvalue weighted by Gasteiger charge is -2.15. The van der Waals surface area contributed by atoms with E-state index in [2.05, 4.69) is 17.3 Å². The van der Waals surface area contributed by atoms with Gasteiger partial charge in [-0.1, -0.05) is 12.2 Å². The second kappa shape index (κ2) is 4.88. The first kappa shape index (κ1) is 11.6. The van der Waals surface area contributed by atoms with E-state index in [9.17, 15) is 4.79 Å². The molecule has 15 heavy (non-hydrogen) atoms. The third-order valence-electron chi connectivity index (χ3n) is 1.93. The molecule has 82 valence electrons. The number of carbonyl (C=O) groups excluding carboxylic acids is 1. The Morgan fingerprint density at radius 1 is 1.73 bits per heavy atom. The summed E-state index contributed by atoms with van der Waals surface area (Å²) in [6.07, 6.45) is 3.71. The first-order chi connectivity index (χ1) is 6.99. The van der Waals surface area contributed by atoms with E-state index in [1.54, 1.807) is 22.8 Å². The Hall–Kier alpha value is -1.43. The molecule has 0 radical (unpaired) electrons. The van der Waals surface area contributed by atoms with Gasteiger partial charge in [0, 0.05) is 32.4 Å². The molecule has 2 N–H and O–H groups in total. The Morgan fingerprint density at radius 2 is 2.40 bits per heavy atom. The van der Waals surface area contributed by atoms with Gasteiger partial charge >= 0.3 is 0 Å². The van der Waals surface area contributed by atoms with E-state index in [1.807, 2.05) is 13.2 Å². The van der Waals surface area contributed by atoms with Crippen molar-refractivity contribution >= 4 is 23.1 Å². The van der Waals surface area contributed by atoms with Crippen LogP contribution in [-0.2, 0) is 18.4 Å². The number of aryl methyl sites for hydroxylation is 1. The van der Waals surface area contributed by atoms with Crippen molar-refractivity contribution in [1.82, 2.24) is 14.7 Å². The molecule has 0 aliphatic rings. The Kier molecular flexibility index (Phi) is 3.79. The van der Waals surface area contributed by atoms with Crippen LogP contribution in [0.3, 0.4) is 0 Å². The normalized spacial score (nSPS) is 10.0. The van der Waals surface area contributed by atoms with Crippen molar-refractivity contribution in [2.24, 2.45) is 12.8 Å². The van der Waals surface area contributed by atoms with Crippen molar-refractivity contribution in [3.63, 3.8) is 0 Å². The number of amides is 1. The van der Waals surface area contributed by atoms with Crippen LogP contribution in [0.4, 0.5) is 0 Å². The summed E-state index contributed by atoms with van der Waals surface area (Å²) in [6, 6.07) is 0. The quantitative estimate of drug-likeness (QED) is 0.737. The molecule has 1 amide bonds. The number of carbonyl (C=O) groups is 1. The highest BCUT2D eigenvalue weighted by Crippen LogP contribution is 2.02. The van der Waals surface area contributed by atoms with Crippen LogP contribution < -0.4 is 5.73 Å². The average Bonchev–Trinajstić information content (AvgIpc) is 2.50. The van der Waals surface area contributed by atoms with Crippen LogP contribution in [0.2, 0.25) is 0 Å². The fourth-order valence-corrected chi connectivity index (χ4v) is 1.32. The van der Waals surface area contributed by atoms with E-state index in [-0.39, 0.29) is 17.3 Å². The molecule has 0 saturated carbocycles. The fraction of sp³-hybridized carbons (Fsp3) is 0.444. The summed E-state index contributed by atoms with van der Waals surface area (Å²) >= 11 is 4.67.